The average molecular weight is 294 g/mol. The molecule has 0 aliphatic rings. The number of ether oxygens (including phenoxy) is 2. The van der Waals surface area contributed by atoms with Gasteiger partial charge in [-0.2, -0.15) is 0 Å². The van der Waals surface area contributed by atoms with Gasteiger partial charge in [-0.15, -0.1) is 0 Å². The summed E-state index contributed by atoms with van der Waals surface area (Å²) in [6, 6.07) is 7.31. The number of amides is 1. The Morgan fingerprint density at radius 2 is 2.05 bits per heavy atom. The van der Waals surface area contributed by atoms with Crippen LogP contribution >= 0.6 is 0 Å². The van der Waals surface area contributed by atoms with Crippen LogP contribution in [0, 0.1) is 0 Å². The average Bonchev–Trinajstić information content (AvgIpc) is 2.50. The molecular formula is C16H26N2O3. The number of nitrogens with one attached hydrogen (secondary N) is 2. The van der Waals surface area contributed by atoms with Gasteiger partial charge in [-0.05, 0) is 31.5 Å². The van der Waals surface area contributed by atoms with Crippen molar-refractivity contribution in [2.45, 2.75) is 26.2 Å². The second-order valence-corrected chi connectivity index (χ2v) is 4.78. The summed E-state index contributed by atoms with van der Waals surface area (Å²) < 4.78 is 10.6. The fourth-order valence-corrected chi connectivity index (χ4v) is 1.76. The van der Waals surface area contributed by atoms with Crippen LogP contribution in [0.3, 0.4) is 0 Å². The summed E-state index contributed by atoms with van der Waals surface area (Å²) in [7, 11) is 1.60. The van der Waals surface area contributed by atoms with Gasteiger partial charge in [0, 0.05) is 25.0 Å². The molecule has 0 saturated heterocycles. The molecule has 21 heavy (non-hydrogen) atoms. The number of hydrogen-bond donors (Lipinski definition) is 2. The lowest BCUT2D eigenvalue weighted by Crippen LogP contribution is -2.29. The minimum Gasteiger partial charge on any atom is -0.497 e. The van der Waals surface area contributed by atoms with E-state index in [1.165, 1.54) is 0 Å². The number of unbranched alkanes of at least 4 members (excludes halogenated alkanes) is 1. The molecule has 0 heterocycles. The Balaban J connectivity index is 2.08. The van der Waals surface area contributed by atoms with Gasteiger partial charge in [-0.25, -0.2) is 0 Å². The van der Waals surface area contributed by atoms with E-state index in [2.05, 4.69) is 17.6 Å². The normalized spacial score (nSPS) is 10.4. The van der Waals surface area contributed by atoms with E-state index in [9.17, 15) is 4.79 Å². The maximum absolute atomic E-state index is 11.7. The number of hydrogen-bond acceptors (Lipinski definition) is 4. The Labute approximate surface area is 127 Å². The Kier molecular flexibility index (Phi) is 9.24. The van der Waals surface area contributed by atoms with Gasteiger partial charge in [-0.3, -0.25) is 4.79 Å². The Bertz CT molecular complexity index is 410. The molecule has 1 aromatic rings. The molecule has 0 aliphatic carbocycles. The zero-order valence-electron chi connectivity index (χ0n) is 13.0. The molecule has 0 bridgehead atoms. The molecule has 0 spiro atoms. The standard InChI is InChI=1S/C16H26N2O3/c1-3-4-10-21-11-6-9-17-13-16(19)18-14-7-5-8-15(12-14)20-2/h5,7-8,12,17H,3-4,6,9-11,13H2,1-2H3,(H,18,19). The number of benzene rings is 1. The van der Waals surface area contributed by atoms with Gasteiger partial charge in [0.2, 0.25) is 5.91 Å². The topological polar surface area (TPSA) is 59.6 Å². The number of rotatable bonds is 11. The van der Waals surface area contributed by atoms with Crippen molar-refractivity contribution in [2.75, 3.05) is 38.7 Å². The molecule has 0 radical (unpaired) electrons. The van der Waals surface area contributed by atoms with Crippen molar-refractivity contribution >= 4 is 11.6 Å². The Hall–Kier alpha value is -1.59. The molecule has 1 aromatic carbocycles. The van der Waals surface area contributed by atoms with Crippen LogP contribution in [0.4, 0.5) is 5.69 Å². The molecule has 0 unspecified atom stereocenters. The van der Waals surface area contributed by atoms with Crippen LogP contribution in [-0.4, -0.2) is 39.3 Å². The first-order chi connectivity index (χ1) is 10.3. The highest BCUT2D eigenvalue weighted by Crippen LogP contribution is 2.16. The van der Waals surface area contributed by atoms with Crippen LogP contribution in [-0.2, 0) is 9.53 Å². The molecular weight excluding hydrogens is 268 g/mol. The van der Waals surface area contributed by atoms with Crippen molar-refractivity contribution in [1.29, 1.82) is 0 Å². The van der Waals surface area contributed by atoms with Crippen molar-refractivity contribution < 1.29 is 14.3 Å². The van der Waals surface area contributed by atoms with Gasteiger partial charge in [0.1, 0.15) is 5.75 Å². The van der Waals surface area contributed by atoms with E-state index in [0.29, 0.717) is 6.54 Å². The molecule has 0 aliphatic heterocycles. The van der Waals surface area contributed by atoms with Crippen LogP contribution in [0.15, 0.2) is 24.3 Å². The summed E-state index contributed by atoms with van der Waals surface area (Å²) in [5.41, 5.74) is 0.740. The Morgan fingerprint density at radius 1 is 1.24 bits per heavy atom. The van der Waals surface area contributed by atoms with E-state index in [-0.39, 0.29) is 5.91 Å². The molecule has 1 rings (SSSR count). The molecule has 118 valence electrons. The SMILES string of the molecule is CCCCOCCCNCC(=O)Nc1cccc(OC)c1. The van der Waals surface area contributed by atoms with Crippen molar-refractivity contribution in [3.8, 4) is 5.75 Å². The minimum atomic E-state index is -0.0600. The van der Waals surface area contributed by atoms with Crippen molar-refractivity contribution in [2.24, 2.45) is 0 Å². The van der Waals surface area contributed by atoms with Crippen molar-refractivity contribution in [1.82, 2.24) is 5.32 Å². The van der Waals surface area contributed by atoms with E-state index in [4.69, 9.17) is 9.47 Å². The molecule has 0 aromatic heterocycles. The third kappa shape index (κ3) is 8.32. The van der Waals surface area contributed by atoms with E-state index < -0.39 is 0 Å². The van der Waals surface area contributed by atoms with Crippen LogP contribution in [0.1, 0.15) is 26.2 Å². The molecule has 0 atom stereocenters. The lowest BCUT2D eigenvalue weighted by molar-refractivity contribution is -0.115. The lowest BCUT2D eigenvalue weighted by Gasteiger charge is -2.08. The fourth-order valence-electron chi connectivity index (χ4n) is 1.76. The van der Waals surface area contributed by atoms with Gasteiger partial charge in [0.15, 0.2) is 0 Å². The summed E-state index contributed by atoms with van der Waals surface area (Å²) in [5, 5.41) is 5.92. The van der Waals surface area contributed by atoms with Gasteiger partial charge in [0.05, 0.1) is 13.7 Å². The van der Waals surface area contributed by atoms with Crippen LogP contribution in [0.2, 0.25) is 0 Å². The first-order valence-electron chi connectivity index (χ1n) is 7.48. The summed E-state index contributed by atoms with van der Waals surface area (Å²) in [6.45, 7) is 4.78. The summed E-state index contributed by atoms with van der Waals surface area (Å²) >= 11 is 0. The number of methoxy groups -OCH3 is 1. The van der Waals surface area contributed by atoms with Crippen molar-refractivity contribution in [3.63, 3.8) is 0 Å². The van der Waals surface area contributed by atoms with Crippen molar-refractivity contribution in [3.05, 3.63) is 24.3 Å². The van der Waals surface area contributed by atoms with Gasteiger partial charge in [0.25, 0.3) is 0 Å². The number of carbonyl (C=O) groups is 1. The van der Waals surface area contributed by atoms with Crippen LogP contribution in [0.5, 0.6) is 5.75 Å². The van der Waals surface area contributed by atoms with E-state index in [1.54, 1.807) is 13.2 Å². The monoisotopic (exact) mass is 294 g/mol. The quantitative estimate of drug-likeness (QED) is 0.615. The van der Waals surface area contributed by atoms with E-state index in [1.807, 2.05) is 18.2 Å². The van der Waals surface area contributed by atoms with Gasteiger partial charge < -0.3 is 20.1 Å². The number of carbonyl (C=O) groups excluding carboxylic acids is 1. The molecule has 0 fully saturated rings. The predicted octanol–water partition coefficient (Wildman–Crippen LogP) is 2.43. The molecule has 2 N–H and O–H groups in total. The largest absolute Gasteiger partial charge is 0.497 e. The smallest absolute Gasteiger partial charge is 0.238 e. The highest BCUT2D eigenvalue weighted by molar-refractivity contribution is 5.92. The molecule has 5 heteroatoms. The highest BCUT2D eigenvalue weighted by atomic mass is 16.5. The first kappa shape index (κ1) is 17.5. The zero-order chi connectivity index (χ0) is 15.3. The fraction of sp³-hybridized carbons (Fsp3) is 0.562. The lowest BCUT2D eigenvalue weighted by atomic mass is 10.3. The first-order valence-corrected chi connectivity index (χ1v) is 7.48. The summed E-state index contributed by atoms with van der Waals surface area (Å²) in [6.07, 6.45) is 3.18. The van der Waals surface area contributed by atoms with Crippen LogP contribution < -0.4 is 15.4 Å². The van der Waals surface area contributed by atoms with Gasteiger partial charge >= 0.3 is 0 Å². The van der Waals surface area contributed by atoms with E-state index in [0.717, 1.165) is 50.5 Å². The third-order valence-corrected chi connectivity index (χ3v) is 2.92. The molecule has 1 amide bonds. The van der Waals surface area contributed by atoms with Crippen LogP contribution in [0.25, 0.3) is 0 Å². The maximum atomic E-state index is 11.7. The summed E-state index contributed by atoms with van der Waals surface area (Å²) in [5.74, 6) is 0.667. The third-order valence-electron chi connectivity index (χ3n) is 2.92. The second kappa shape index (κ2) is 11.1. The highest BCUT2D eigenvalue weighted by Gasteiger charge is 2.02. The van der Waals surface area contributed by atoms with Gasteiger partial charge in [-0.1, -0.05) is 19.4 Å². The minimum absolute atomic E-state index is 0.0600. The zero-order valence-corrected chi connectivity index (χ0v) is 13.0. The maximum Gasteiger partial charge on any atom is 0.238 e. The summed E-state index contributed by atoms with van der Waals surface area (Å²) in [4.78, 5) is 11.7. The molecule has 5 nitrogen and oxygen atoms in total. The second-order valence-electron chi connectivity index (χ2n) is 4.78. The Morgan fingerprint density at radius 3 is 2.81 bits per heavy atom. The predicted molar refractivity (Wildman–Crippen MR) is 84.8 cm³/mol. The van der Waals surface area contributed by atoms with E-state index >= 15 is 0 Å². The molecule has 0 saturated carbocycles. The number of anilines is 1.